The van der Waals surface area contributed by atoms with E-state index >= 15 is 0 Å². The zero-order valence-corrected chi connectivity index (χ0v) is 10.4. The molecule has 1 aromatic carbocycles. The number of anilines is 1. The number of fused-ring (bicyclic) bond motifs is 1. The number of aromatic nitrogens is 2. The summed E-state index contributed by atoms with van der Waals surface area (Å²) in [7, 11) is 1.53. The Hall–Kier alpha value is -1.92. The molecule has 2 N–H and O–H groups in total. The van der Waals surface area contributed by atoms with Gasteiger partial charge in [0.2, 0.25) is 5.95 Å². The van der Waals surface area contributed by atoms with Crippen LogP contribution < -0.4 is 10.5 Å². The number of imidazole rings is 1. The molecule has 0 atom stereocenters. The Balaban J connectivity index is 2.21. The number of benzene rings is 1. The Morgan fingerprint density at radius 2 is 2.11 bits per heavy atom. The molecule has 1 aromatic heterocycles. The van der Waals surface area contributed by atoms with E-state index < -0.39 is 12.6 Å². The fourth-order valence-electron chi connectivity index (χ4n) is 1.93. The number of nitrogens with zero attached hydrogens (tertiary/aromatic N) is 2. The third-order valence-electron chi connectivity index (χ3n) is 2.83. The average Bonchev–Trinajstić information content (AvgIpc) is 2.63. The van der Waals surface area contributed by atoms with Crippen molar-refractivity contribution in [3.8, 4) is 5.75 Å². The van der Waals surface area contributed by atoms with Crippen LogP contribution in [-0.2, 0) is 6.54 Å². The topological polar surface area (TPSA) is 53.1 Å². The summed E-state index contributed by atoms with van der Waals surface area (Å²) < 4.78 is 43.0. The van der Waals surface area contributed by atoms with Gasteiger partial charge in [0.15, 0.2) is 0 Å². The van der Waals surface area contributed by atoms with Crippen molar-refractivity contribution in [1.82, 2.24) is 9.55 Å². The summed E-state index contributed by atoms with van der Waals surface area (Å²) >= 11 is 0. The zero-order valence-electron chi connectivity index (χ0n) is 10.4. The number of halogens is 3. The SMILES string of the molecule is COc1ccc2c(c1)nc(N)n2CCCC(F)(F)F. The van der Waals surface area contributed by atoms with E-state index in [0.29, 0.717) is 16.8 Å². The van der Waals surface area contributed by atoms with E-state index in [2.05, 4.69) is 4.98 Å². The van der Waals surface area contributed by atoms with Crippen LogP contribution in [0.15, 0.2) is 18.2 Å². The van der Waals surface area contributed by atoms with Crippen molar-refractivity contribution in [2.75, 3.05) is 12.8 Å². The number of rotatable bonds is 4. The Morgan fingerprint density at radius 1 is 1.37 bits per heavy atom. The summed E-state index contributed by atoms with van der Waals surface area (Å²) in [5.41, 5.74) is 7.05. The van der Waals surface area contributed by atoms with Crippen molar-refractivity contribution in [2.24, 2.45) is 0 Å². The highest BCUT2D eigenvalue weighted by Gasteiger charge is 2.26. The molecule has 0 aliphatic heterocycles. The standard InChI is InChI=1S/C12H14F3N3O/c1-19-8-3-4-10-9(7-8)17-11(16)18(10)6-2-5-12(13,14)15/h3-4,7H,2,5-6H2,1H3,(H2,16,17). The fraction of sp³-hybridized carbons (Fsp3) is 0.417. The molecule has 1 heterocycles. The highest BCUT2D eigenvalue weighted by molar-refractivity contribution is 5.79. The Kier molecular flexibility index (Phi) is 3.55. The van der Waals surface area contributed by atoms with Gasteiger partial charge in [0.25, 0.3) is 0 Å². The molecule has 0 unspecified atom stereocenters. The largest absolute Gasteiger partial charge is 0.497 e. The molecule has 0 bridgehead atoms. The summed E-state index contributed by atoms with van der Waals surface area (Å²) in [6.07, 6.45) is -5.00. The maximum absolute atomic E-state index is 12.1. The van der Waals surface area contributed by atoms with Crippen LogP contribution in [0.25, 0.3) is 11.0 Å². The van der Waals surface area contributed by atoms with Crippen molar-refractivity contribution in [1.29, 1.82) is 0 Å². The van der Waals surface area contributed by atoms with Crippen LogP contribution in [0.2, 0.25) is 0 Å². The molecule has 0 fully saturated rings. The summed E-state index contributed by atoms with van der Waals surface area (Å²) in [5.74, 6) is 0.845. The number of nitrogens with two attached hydrogens (primary N) is 1. The molecule has 0 saturated carbocycles. The van der Waals surface area contributed by atoms with Crippen molar-refractivity contribution in [2.45, 2.75) is 25.6 Å². The second-order valence-electron chi connectivity index (χ2n) is 4.20. The Labute approximate surface area is 108 Å². The van der Waals surface area contributed by atoms with E-state index in [1.165, 1.54) is 7.11 Å². The predicted octanol–water partition coefficient (Wildman–Crippen LogP) is 2.97. The van der Waals surface area contributed by atoms with E-state index in [9.17, 15) is 13.2 Å². The molecule has 4 nitrogen and oxygen atoms in total. The number of nitrogen functional groups attached to an aromatic ring is 1. The lowest BCUT2D eigenvalue weighted by atomic mass is 10.2. The van der Waals surface area contributed by atoms with Crippen LogP contribution in [0.5, 0.6) is 5.75 Å². The molecule has 0 radical (unpaired) electrons. The van der Waals surface area contributed by atoms with Crippen molar-refractivity contribution in [3.05, 3.63) is 18.2 Å². The van der Waals surface area contributed by atoms with Gasteiger partial charge in [-0.15, -0.1) is 0 Å². The molecule has 0 aliphatic rings. The number of hydrogen-bond donors (Lipinski definition) is 1. The first-order valence-corrected chi connectivity index (χ1v) is 5.77. The average molecular weight is 273 g/mol. The molecular weight excluding hydrogens is 259 g/mol. The highest BCUT2D eigenvalue weighted by Crippen LogP contribution is 2.25. The van der Waals surface area contributed by atoms with Crippen LogP contribution >= 0.6 is 0 Å². The monoisotopic (exact) mass is 273 g/mol. The van der Waals surface area contributed by atoms with Gasteiger partial charge in [0, 0.05) is 19.0 Å². The third kappa shape index (κ3) is 3.10. The number of alkyl halides is 3. The minimum atomic E-state index is -4.14. The van der Waals surface area contributed by atoms with Crippen LogP contribution in [0.3, 0.4) is 0 Å². The molecule has 0 amide bonds. The summed E-state index contributed by atoms with van der Waals surface area (Å²) in [5, 5.41) is 0. The van der Waals surface area contributed by atoms with Gasteiger partial charge in [-0.2, -0.15) is 13.2 Å². The first-order valence-electron chi connectivity index (χ1n) is 5.77. The number of aryl methyl sites for hydroxylation is 1. The minimum absolute atomic E-state index is 0.0226. The Bertz CT molecular complexity index is 577. The first-order chi connectivity index (χ1) is 8.90. The molecule has 0 spiro atoms. The number of hydrogen-bond acceptors (Lipinski definition) is 3. The molecule has 2 rings (SSSR count). The third-order valence-corrected chi connectivity index (χ3v) is 2.83. The summed E-state index contributed by atoms with van der Waals surface area (Å²) in [6.45, 7) is 0.189. The summed E-state index contributed by atoms with van der Waals surface area (Å²) in [6, 6.07) is 5.17. The minimum Gasteiger partial charge on any atom is -0.497 e. The zero-order chi connectivity index (χ0) is 14.0. The van der Waals surface area contributed by atoms with Crippen molar-refractivity contribution < 1.29 is 17.9 Å². The van der Waals surface area contributed by atoms with Crippen LogP contribution in [0.1, 0.15) is 12.8 Å². The molecule has 104 valence electrons. The van der Waals surface area contributed by atoms with Crippen LogP contribution in [-0.4, -0.2) is 22.8 Å². The number of methoxy groups -OCH3 is 1. The van der Waals surface area contributed by atoms with Gasteiger partial charge in [-0.25, -0.2) is 4.98 Å². The maximum Gasteiger partial charge on any atom is 0.389 e. The predicted molar refractivity (Wildman–Crippen MR) is 66.0 cm³/mol. The lowest BCUT2D eigenvalue weighted by Gasteiger charge is -2.08. The van der Waals surface area contributed by atoms with E-state index in [4.69, 9.17) is 10.5 Å². The second-order valence-corrected chi connectivity index (χ2v) is 4.20. The van der Waals surface area contributed by atoms with Gasteiger partial charge >= 0.3 is 6.18 Å². The normalized spacial score (nSPS) is 12.0. The molecule has 0 aliphatic carbocycles. The van der Waals surface area contributed by atoms with Crippen LogP contribution in [0, 0.1) is 0 Å². The van der Waals surface area contributed by atoms with Gasteiger partial charge < -0.3 is 15.0 Å². The molecule has 19 heavy (non-hydrogen) atoms. The lowest BCUT2D eigenvalue weighted by molar-refractivity contribution is -0.135. The van der Waals surface area contributed by atoms with E-state index in [-0.39, 0.29) is 18.9 Å². The van der Waals surface area contributed by atoms with Gasteiger partial charge in [0.1, 0.15) is 5.75 Å². The van der Waals surface area contributed by atoms with Gasteiger partial charge in [-0.3, -0.25) is 0 Å². The smallest absolute Gasteiger partial charge is 0.389 e. The molecular formula is C12H14F3N3O. The van der Waals surface area contributed by atoms with Crippen molar-refractivity contribution >= 4 is 17.0 Å². The second kappa shape index (κ2) is 4.99. The van der Waals surface area contributed by atoms with Crippen molar-refractivity contribution in [3.63, 3.8) is 0 Å². The van der Waals surface area contributed by atoms with Gasteiger partial charge in [-0.05, 0) is 18.6 Å². The van der Waals surface area contributed by atoms with Gasteiger partial charge in [-0.1, -0.05) is 0 Å². The lowest BCUT2D eigenvalue weighted by Crippen LogP contribution is -2.10. The first kappa shape index (κ1) is 13.5. The molecule has 2 aromatic rings. The fourth-order valence-corrected chi connectivity index (χ4v) is 1.93. The molecule has 7 heteroatoms. The number of ether oxygens (including phenoxy) is 1. The van der Waals surface area contributed by atoms with Crippen LogP contribution in [0.4, 0.5) is 19.1 Å². The Morgan fingerprint density at radius 3 is 2.74 bits per heavy atom. The molecule has 0 saturated heterocycles. The van der Waals surface area contributed by atoms with E-state index in [1.54, 1.807) is 22.8 Å². The van der Waals surface area contributed by atoms with E-state index in [0.717, 1.165) is 0 Å². The van der Waals surface area contributed by atoms with E-state index in [1.807, 2.05) is 0 Å². The van der Waals surface area contributed by atoms with Gasteiger partial charge in [0.05, 0.1) is 18.1 Å². The maximum atomic E-state index is 12.1. The highest BCUT2D eigenvalue weighted by atomic mass is 19.4. The summed E-state index contributed by atoms with van der Waals surface area (Å²) in [4.78, 5) is 4.12. The quantitative estimate of drug-likeness (QED) is 0.931.